The molecule has 2 saturated carbocycles. The van der Waals surface area contributed by atoms with Crippen LogP contribution in [0.4, 0.5) is 5.69 Å². The lowest BCUT2D eigenvalue weighted by atomic mass is 9.84. The summed E-state index contributed by atoms with van der Waals surface area (Å²) in [6, 6.07) is 1.89. The second kappa shape index (κ2) is 6.00. The van der Waals surface area contributed by atoms with Crippen LogP contribution in [-0.2, 0) is 0 Å². The second-order valence-corrected chi connectivity index (χ2v) is 6.06. The third-order valence-electron chi connectivity index (χ3n) is 4.89. The van der Waals surface area contributed by atoms with Crippen molar-refractivity contribution < 1.29 is 4.79 Å². The third kappa shape index (κ3) is 2.75. The number of halogens is 1. The monoisotopic (exact) mass is 295 g/mol. The van der Waals surface area contributed by atoms with Crippen LogP contribution in [-0.4, -0.2) is 16.9 Å². The molecule has 1 aromatic heterocycles. The fourth-order valence-corrected chi connectivity index (χ4v) is 3.89. The van der Waals surface area contributed by atoms with Gasteiger partial charge in [-0.2, -0.15) is 0 Å². The molecule has 3 N–H and O–H groups in total. The number of hydrogen-bond donors (Lipinski definition) is 2. The number of nitrogens with two attached hydrogens (primary N) is 1. The SMILES string of the molecule is CC(NC(=O)c1cnccc1N)C1CC2CCC1C2.Cl. The molecule has 0 aromatic carbocycles. The number of nitrogen functional groups attached to an aromatic ring is 1. The molecule has 3 rings (SSSR count). The van der Waals surface area contributed by atoms with Gasteiger partial charge in [-0.3, -0.25) is 9.78 Å². The average Bonchev–Trinajstić information content (AvgIpc) is 3.01. The molecule has 4 atom stereocenters. The maximum absolute atomic E-state index is 12.2. The van der Waals surface area contributed by atoms with E-state index in [9.17, 15) is 4.79 Å². The van der Waals surface area contributed by atoms with Gasteiger partial charge in [0.25, 0.3) is 5.91 Å². The lowest BCUT2D eigenvalue weighted by molar-refractivity contribution is 0.0916. The van der Waals surface area contributed by atoms with Gasteiger partial charge in [0.05, 0.1) is 5.56 Å². The predicted octanol–water partition coefficient (Wildman–Crippen LogP) is 2.64. The third-order valence-corrected chi connectivity index (χ3v) is 4.89. The topological polar surface area (TPSA) is 68.0 Å². The van der Waals surface area contributed by atoms with Gasteiger partial charge in [0.15, 0.2) is 0 Å². The summed E-state index contributed by atoms with van der Waals surface area (Å²) in [7, 11) is 0. The van der Waals surface area contributed by atoms with Crippen molar-refractivity contribution in [3.05, 3.63) is 24.0 Å². The van der Waals surface area contributed by atoms with E-state index in [1.807, 2.05) is 0 Å². The van der Waals surface area contributed by atoms with E-state index in [1.165, 1.54) is 31.9 Å². The minimum absolute atomic E-state index is 0. The summed E-state index contributed by atoms with van der Waals surface area (Å²) in [6.45, 7) is 2.12. The van der Waals surface area contributed by atoms with Crippen LogP contribution in [0.3, 0.4) is 0 Å². The largest absolute Gasteiger partial charge is 0.398 e. The highest BCUT2D eigenvalue weighted by Crippen LogP contribution is 2.49. The van der Waals surface area contributed by atoms with Gasteiger partial charge in [-0.25, -0.2) is 0 Å². The zero-order valence-electron chi connectivity index (χ0n) is 11.7. The van der Waals surface area contributed by atoms with Gasteiger partial charge in [0.2, 0.25) is 0 Å². The summed E-state index contributed by atoms with van der Waals surface area (Å²) in [6.07, 6.45) is 8.50. The molecule has 4 unspecified atom stereocenters. The van der Waals surface area contributed by atoms with Crippen LogP contribution in [0.25, 0.3) is 0 Å². The number of amides is 1. The number of nitrogens with zero attached hydrogens (tertiary/aromatic N) is 1. The number of nitrogens with one attached hydrogen (secondary N) is 1. The minimum Gasteiger partial charge on any atom is -0.398 e. The molecule has 0 aliphatic heterocycles. The Morgan fingerprint density at radius 2 is 2.25 bits per heavy atom. The van der Waals surface area contributed by atoms with Gasteiger partial charge < -0.3 is 11.1 Å². The van der Waals surface area contributed by atoms with Crippen molar-refractivity contribution in [2.75, 3.05) is 5.73 Å². The summed E-state index contributed by atoms with van der Waals surface area (Å²) in [5.41, 5.74) is 6.79. The van der Waals surface area contributed by atoms with Crippen LogP contribution < -0.4 is 11.1 Å². The molecule has 0 spiro atoms. The Labute approximate surface area is 125 Å². The molecule has 1 heterocycles. The first-order chi connectivity index (χ1) is 9.15. The Kier molecular flexibility index (Phi) is 4.53. The van der Waals surface area contributed by atoms with Crippen LogP contribution >= 0.6 is 12.4 Å². The maximum atomic E-state index is 12.2. The molecular formula is C15H22ClN3O. The molecule has 4 nitrogen and oxygen atoms in total. The van der Waals surface area contributed by atoms with Crippen LogP contribution in [0.15, 0.2) is 18.5 Å². The number of aromatic nitrogens is 1. The number of anilines is 1. The van der Waals surface area contributed by atoms with Crippen LogP contribution in [0.5, 0.6) is 0 Å². The van der Waals surface area contributed by atoms with E-state index in [2.05, 4.69) is 17.2 Å². The Morgan fingerprint density at radius 3 is 2.85 bits per heavy atom. The summed E-state index contributed by atoms with van der Waals surface area (Å²) < 4.78 is 0. The Hall–Kier alpha value is -1.29. The van der Waals surface area contributed by atoms with Gasteiger partial charge in [-0.05, 0) is 50.0 Å². The quantitative estimate of drug-likeness (QED) is 0.901. The van der Waals surface area contributed by atoms with Gasteiger partial charge in [0, 0.05) is 24.1 Å². The van der Waals surface area contributed by atoms with Gasteiger partial charge >= 0.3 is 0 Å². The van der Waals surface area contributed by atoms with E-state index < -0.39 is 0 Å². The molecule has 0 saturated heterocycles. The van der Waals surface area contributed by atoms with Crippen molar-refractivity contribution in [2.45, 2.75) is 38.6 Å². The molecule has 110 valence electrons. The maximum Gasteiger partial charge on any atom is 0.255 e. The summed E-state index contributed by atoms with van der Waals surface area (Å²) in [5, 5.41) is 3.10. The lowest BCUT2D eigenvalue weighted by Crippen LogP contribution is -2.40. The lowest BCUT2D eigenvalue weighted by Gasteiger charge is -2.28. The van der Waals surface area contributed by atoms with Gasteiger partial charge in [-0.1, -0.05) is 6.42 Å². The first-order valence-corrected chi connectivity index (χ1v) is 7.15. The summed E-state index contributed by atoms with van der Waals surface area (Å²) in [4.78, 5) is 16.2. The molecule has 2 fully saturated rings. The molecule has 2 aliphatic carbocycles. The number of carbonyl (C=O) groups is 1. The molecular weight excluding hydrogens is 274 g/mol. The normalized spacial score (nSPS) is 28.8. The smallest absolute Gasteiger partial charge is 0.255 e. The summed E-state index contributed by atoms with van der Waals surface area (Å²) >= 11 is 0. The first kappa shape index (κ1) is 15.1. The fourth-order valence-electron chi connectivity index (χ4n) is 3.89. The number of fused-ring (bicyclic) bond motifs is 2. The number of rotatable bonds is 3. The molecule has 2 aliphatic rings. The van der Waals surface area contributed by atoms with E-state index in [0.717, 1.165) is 11.8 Å². The van der Waals surface area contributed by atoms with E-state index in [4.69, 9.17) is 5.73 Å². The number of hydrogen-bond acceptors (Lipinski definition) is 3. The van der Waals surface area contributed by atoms with Crippen molar-refractivity contribution in [3.8, 4) is 0 Å². The van der Waals surface area contributed by atoms with Crippen LogP contribution in [0.2, 0.25) is 0 Å². The fraction of sp³-hybridized carbons (Fsp3) is 0.600. The highest BCUT2D eigenvalue weighted by atomic mass is 35.5. The first-order valence-electron chi connectivity index (χ1n) is 7.15. The van der Waals surface area contributed by atoms with Gasteiger partial charge in [0.1, 0.15) is 0 Å². The molecule has 20 heavy (non-hydrogen) atoms. The molecule has 5 heteroatoms. The number of pyridine rings is 1. The summed E-state index contributed by atoms with van der Waals surface area (Å²) in [5.74, 6) is 2.26. The van der Waals surface area contributed by atoms with E-state index in [-0.39, 0.29) is 24.4 Å². The van der Waals surface area contributed by atoms with Crippen molar-refractivity contribution >= 4 is 24.0 Å². The zero-order chi connectivity index (χ0) is 13.4. The zero-order valence-corrected chi connectivity index (χ0v) is 12.5. The van der Waals surface area contributed by atoms with E-state index in [0.29, 0.717) is 17.2 Å². The van der Waals surface area contributed by atoms with E-state index >= 15 is 0 Å². The van der Waals surface area contributed by atoms with Crippen LogP contribution in [0, 0.1) is 17.8 Å². The Balaban J connectivity index is 0.00000147. The minimum atomic E-state index is -0.0964. The van der Waals surface area contributed by atoms with Crippen molar-refractivity contribution in [3.63, 3.8) is 0 Å². The van der Waals surface area contributed by atoms with Crippen molar-refractivity contribution in [2.24, 2.45) is 17.8 Å². The number of carbonyl (C=O) groups excluding carboxylic acids is 1. The molecule has 1 amide bonds. The molecule has 0 radical (unpaired) electrons. The second-order valence-electron chi connectivity index (χ2n) is 6.06. The predicted molar refractivity (Wildman–Crippen MR) is 81.8 cm³/mol. The standard InChI is InChI=1S/C15H21N3O.ClH/c1-9(12-7-10-2-3-11(12)6-10)18-15(19)13-8-17-5-4-14(13)16;/h4-5,8-12H,2-3,6-7H2,1H3,(H2,16,17)(H,18,19);1H. The molecule has 1 aromatic rings. The highest BCUT2D eigenvalue weighted by Gasteiger charge is 2.42. The van der Waals surface area contributed by atoms with Crippen molar-refractivity contribution in [1.82, 2.24) is 10.3 Å². The average molecular weight is 296 g/mol. The van der Waals surface area contributed by atoms with Gasteiger partial charge in [-0.15, -0.1) is 12.4 Å². The Morgan fingerprint density at radius 1 is 1.45 bits per heavy atom. The van der Waals surface area contributed by atoms with Crippen molar-refractivity contribution in [1.29, 1.82) is 0 Å². The Bertz CT molecular complexity index is 494. The van der Waals surface area contributed by atoms with E-state index in [1.54, 1.807) is 12.3 Å². The highest BCUT2D eigenvalue weighted by molar-refractivity contribution is 5.98. The van der Waals surface area contributed by atoms with Crippen LogP contribution in [0.1, 0.15) is 43.0 Å². The molecule has 2 bridgehead atoms.